The minimum atomic E-state index is -0.464. The van der Waals surface area contributed by atoms with E-state index >= 15 is 0 Å². The smallest absolute Gasteiger partial charge is 0.293 e. The molecule has 0 atom stereocenters. The molecule has 0 spiro atoms. The molecule has 0 radical (unpaired) electrons. The summed E-state index contributed by atoms with van der Waals surface area (Å²) in [6.07, 6.45) is 3.07. The van der Waals surface area contributed by atoms with Crippen molar-refractivity contribution >= 4 is 0 Å². The first kappa shape index (κ1) is 18.6. The molecule has 0 aliphatic heterocycles. The van der Waals surface area contributed by atoms with E-state index in [4.69, 9.17) is 4.98 Å². The lowest BCUT2D eigenvalue weighted by Crippen LogP contribution is -2.31. The number of para-hydroxylation sites is 1. The molecule has 7 nitrogen and oxygen atoms in total. The maximum atomic E-state index is 12.2. The number of hydrogen-bond donors (Lipinski definition) is 1. The molecule has 146 valence electrons. The number of benzene rings is 2. The van der Waals surface area contributed by atoms with Gasteiger partial charge in [0.2, 0.25) is 0 Å². The van der Waals surface area contributed by atoms with Crippen molar-refractivity contribution in [1.29, 1.82) is 0 Å². The molecule has 0 saturated carbocycles. The molecule has 2 heterocycles. The second-order valence-corrected chi connectivity index (χ2v) is 6.88. The Labute approximate surface area is 167 Å². The SMILES string of the molecule is Cc1cn(Cc2nc(CCc3ccccc3)nn2-c2ccccc2)c(=O)[nH]c1=O. The first-order chi connectivity index (χ1) is 14.1. The van der Waals surface area contributed by atoms with Gasteiger partial charge in [0.25, 0.3) is 5.56 Å². The third-order valence-electron chi connectivity index (χ3n) is 4.70. The van der Waals surface area contributed by atoms with Crippen LogP contribution in [-0.4, -0.2) is 24.3 Å². The van der Waals surface area contributed by atoms with Gasteiger partial charge in [-0.3, -0.25) is 14.3 Å². The van der Waals surface area contributed by atoms with E-state index < -0.39 is 5.69 Å². The van der Waals surface area contributed by atoms with Crippen LogP contribution in [0.3, 0.4) is 0 Å². The molecular formula is C22H21N5O2. The van der Waals surface area contributed by atoms with Gasteiger partial charge in [-0.25, -0.2) is 14.5 Å². The maximum Gasteiger partial charge on any atom is 0.328 e. The fourth-order valence-corrected chi connectivity index (χ4v) is 3.17. The summed E-state index contributed by atoms with van der Waals surface area (Å²) in [6.45, 7) is 1.88. The van der Waals surface area contributed by atoms with E-state index in [1.165, 1.54) is 10.1 Å². The largest absolute Gasteiger partial charge is 0.328 e. The monoisotopic (exact) mass is 387 g/mol. The van der Waals surface area contributed by atoms with Crippen molar-refractivity contribution in [2.75, 3.05) is 0 Å². The topological polar surface area (TPSA) is 85.6 Å². The maximum absolute atomic E-state index is 12.2. The third-order valence-corrected chi connectivity index (χ3v) is 4.70. The van der Waals surface area contributed by atoms with Gasteiger partial charge in [-0.05, 0) is 31.0 Å². The lowest BCUT2D eigenvalue weighted by atomic mass is 10.1. The zero-order valence-corrected chi connectivity index (χ0v) is 16.1. The summed E-state index contributed by atoms with van der Waals surface area (Å²) < 4.78 is 3.20. The van der Waals surface area contributed by atoms with Crippen LogP contribution in [-0.2, 0) is 19.4 Å². The zero-order valence-electron chi connectivity index (χ0n) is 16.1. The second-order valence-electron chi connectivity index (χ2n) is 6.88. The highest BCUT2D eigenvalue weighted by molar-refractivity contribution is 5.31. The quantitative estimate of drug-likeness (QED) is 0.550. The Morgan fingerprint density at radius 1 is 0.931 bits per heavy atom. The minimum absolute atomic E-state index is 0.212. The number of aromatic amines is 1. The number of hydrogen-bond acceptors (Lipinski definition) is 4. The molecule has 0 aliphatic rings. The van der Waals surface area contributed by atoms with E-state index in [1.807, 2.05) is 48.5 Å². The van der Waals surface area contributed by atoms with Crippen molar-refractivity contribution in [2.45, 2.75) is 26.3 Å². The second kappa shape index (κ2) is 8.10. The highest BCUT2D eigenvalue weighted by atomic mass is 16.2. The molecule has 0 bridgehead atoms. The van der Waals surface area contributed by atoms with E-state index in [2.05, 4.69) is 22.2 Å². The number of nitrogens with one attached hydrogen (secondary N) is 1. The Bertz CT molecular complexity index is 1220. The van der Waals surface area contributed by atoms with E-state index in [0.29, 0.717) is 23.6 Å². The number of rotatable bonds is 6. The van der Waals surface area contributed by atoms with Crippen LogP contribution in [0, 0.1) is 6.92 Å². The first-order valence-electron chi connectivity index (χ1n) is 9.45. The summed E-state index contributed by atoms with van der Waals surface area (Å²) in [4.78, 5) is 30.9. The minimum Gasteiger partial charge on any atom is -0.293 e. The Balaban J connectivity index is 1.68. The number of aryl methyl sites for hydroxylation is 3. The van der Waals surface area contributed by atoms with Crippen molar-refractivity contribution < 1.29 is 0 Å². The highest BCUT2D eigenvalue weighted by Gasteiger charge is 2.14. The van der Waals surface area contributed by atoms with Gasteiger partial charge in [0.1, 0.15) is 0 Å². The van der Waals surface area contributed by atoms with Crippen molar-refractivity contribution in [3.8, 4) is 5.69 Å². The number of aromatic nitrogens is 5. The van der Waals surface area contributed by atoms with Gasteiger partial charge < -0.3 is 0 Å². The molecule has 4 rings (SSSR count). The molecule has 4 aromatic rings. The highest BCUT2D eigenvalue weighted by Crippen LogP contribution is 2.12. The Morgan fingerprint density at radius 3 is 2.34 bits per heavy atom. The van der Waals surface area contributed by atoms with Gasteiger partial charge in [0.15, 0.2) is 11.6 Å². The van der Waals surface area contributed by atoms with Crippen LogP contribution in [0.25, 0.3) is 5.69 Å². The Hall–Kier alpha value is -3.74. The van der Waals surface area contributed by atoms with Gasteiger partial charge in [0, 0.05) is 18.2 Å². The molecule has 0 aliphatic carbocycles. The van der Waals surface area contributed by atoms with Crippen molar-refractivity contribution in [1.82, 2.24) is 24.3 Å². The summed E-state index contributed by atoms with van der Waals surface area (Å²) in [5.41, 5.74) is 1.72. The van der Waals surface area contributed by atoms with Crippen LogP contribution in [0.15, 0.2) is 76.4 Å². The lowest BCUT2D eigenvalue weighted by molar-refractivity contribution is 0.656. The number of H-pyrrole nitrogens is 1. The average molecular weight is 387 g/mol. The van der Waals surface area contributed by atoms with E-state index in [9.17, 15) is 9.59 Å². The van der Waals surface area contributed by atoms with Gasteiger partial charge in [-0.15, -0.1) is 0 Å². The fourth-order valence-electron chi connectivity index (χ4n) is 3.17. The molecule has 7 heteroatoms. The predicted octanol–water partition coefficient (Wildman–Crippen LogP) is 2.26. The normalized spacial score (nSPS) is 10.9. The third kappa shape index (κ3) is 4.24. The zero-order chi connectivity index (χ0) is 20.2. The van der Waals surface area contributed by atoms with Crippen LogP contribution in [0.2, 0.25) is 0 Å². The molecule has 0 fully saturated rings. The molecule has 1 N–H and O–H groups in total. The molecule has 0 saturated heterocycles. The summed E-state index contributed by atoms with van der Waals surface area (Å²) >= 11 is 0. The summed E-state index contributed by atoms with van der Waals surface area (Å²) in [7, 11) is 0. The van der Waals surface area contributed by atoms with Crippen LogP contribution in [0.1, 0.15) is 22.8 Å². The van der Waals surface area contributed by atoms with Gasteiger partial charge >= 0.3 is 5.69 Å². The summed E-state index contributed by atoms with van der Waals surface area (Å²) in [6, 6.07) is 19.9. The lowest BCUT2D eigenvalue weighted by Gasteiger charge is -2.08. The van der Waals surface area contributed by atoms with Crippen LogP contribution in [0.4, 0.5) is 0 Å². The molecule has 0 unspecified atom stereocenters. The van der Waals surface area contributed by atoms with E-state index in [0.717, 1.165) is 12.1 Å². The van der Waals surface area contributed by atoms with E-state index in [1.54, 1.807) is 17.8 Å². The van der Waals surface area contributed by atoms with Gasteiger partial charge in [-0.1, -0.05) is 48.5 Å². The van der Waals surface area contributed by atoms with Gasteiger partial charge in [0.05, 0.1) is 12.2 Å². The molecule has 2 aromatic heterocycles. The van der Waals surface area contributed by atoms with Crippen molar-refractivity contribution in [3.05, 3.63) is 110 Å². The summed E-state index contributed by atoms with van der Waals surface area (Å²) in [5, 5.41) is 4.68. The standard InChI is InChI=1S/C22H21N5O2/c1-16-14-26(22(29)24-21(16)28)15-20-23-19(13-12-17-8-4-2-5-9-17)25-27(20)18-10-6-3-7-11-18/h2-11,14H,12-13,15H2,1H3,(H,24,28,29). The molecule has 2 aromatic carbocycles. The van der Waals surface area contributed by atoms with Crippen molar-refractivity contribution in [2.24, 2.45) is 0 Å². The Kier molecular flexibility index (Phi) is 5.20. The molecule has 29 heavy (non-hydrogen) atoms. The van der Waals surface area contributed by atoms with Crippen molar-refractivity contribution in [3.63, 3.8) is 0 Å². The first-order valence-corrected chi connectivity index (χ1v) is 9.45. The van der Waals surface area contributed by atoms with E-state index in [-0.39, 0.29) is 12.1 Å². The van der Waals surface area contributed by atoms with Crippen LogP contribution in [0.5, 0.6) is 0 Å². The molecular weight excluding hydrogens is 366 g/mol. The average Bonchev–Trinajstić information content (AvgIpc) is 3.15. The number of nitrogens with zero attached hydrogens (tertiary/aromatic N) is 4. The van der Waals surface area contributed by atoms with Crippen LogP contribution >= 0.6 is 0 Å². The predicted molar refractivity (Wildman–Crippen MR) is 110 cm³/mol. The van der Waals surface area contributed by atoms with Crippen LogP contribution < -0.4 is 11.2 Å². The van der Waals surface area contributed by atoms with Gasteiger partial charge in [-0.2, -0.15) is 5.10 Å². The molecule has 0 amide bonds. The summed E-state index contributed by atoms with van der Waals surface area (Å²) in [5.74, 6) is 1.34. The fraction of sp³-hybridized carbons (Fsp3) is 0.182. The Morgan fingerprint density at radius 2 is 1.62 bits per heavy atom.